The highest BCUT2D eigenvalue weighted by atomic mass is 79.9. The fraction of sp³-hybridized carbons (Fsp3) is 0.609. The maximum absolute atomic E-state index is 12.9. The molecular weight excluding hydrogens is 592 g/mol. The third-order valence-electron chi connectivity index (χ3n) is 7.09. The Morgan fingerprint density at radius 3 is 2.32 bits per heavy atom. The molecule has 31 heavy (non-hydrogen) atoms. The molecule has 168 valence electrons. The van der Waals surface area contributed by atoms with Crippen LogP contribution in [0.2, 0.25) is 0 Å². The van der Waals surface area contributed by atoms with Crippen molar-refractivity contribution in [3.63, 3.8) is 0 Å². The van der Waals surface area contributed by atoms with Gasteiger partial charge in [0.15, 0.2) is 0 Å². The van der Waals surface area contributed by atoms with E-state index < -0.39 is 0 Å². The normalized spacial score (nSPS) is 31.4. The Balaban J connectivity index is 1.22. The summed E-state index contributed by atoms with van der Waals surface area (Å²) in [5.74, 6) is 0.286. The number of alkyl halides is 2. The summed E-state index contributed by atoms with van der Waals surface area (Å²) >= 11 is 10.9. The Labute approximate surface area is 208 Å². The number of halogens is 3. The van der Waals surface area contributed by atoms with Gasteiger partial charge in [-0.15, -0.1) is 0 Å². The predicted octanol–water partition coefficient (Wildman–Crippen LogP) is 5.29. The van der Waals surface area contributed by atoms with Crippen LogP contribution in [0.15, 0.2) is 22.7 Å². The van der Waals surface area contributed by atoms with Gasteiger partial charge in [-0.2, -0.15) is 0 Å². The number of benzene rings is 1. The minimum absolute atomic E-state index is 0.00294. The molecule has 0 unspecified atom stereocenters. The molecule has 5 nitrogen and oxygen atoms in total. The average Bonchev–Trinajstić information content (AvgIpc) is 3.35. The lowest BCUT2D eigenvalue weighted by atomic mass is 9.81. The number of anilines is 1. The molecular formula is C23H27Br3N2O3. The van der Waals surface area contributed by atoms with E-state index in [0.29, 0.717) is 13.0 Å². The first-order chi connectivity index (χ1) is 14.8. The third-order valence-corrected chi connectivity index (χ3v) is 10.8. The van der Waals surface area contributed by atoms with E-state index in [1.807, 2.05) is 18.2 Å². The minimum Gasteiger partial charge on any atom is -0.326 e. The van der Waals surface area contributed by atoms with Crippen LogP contribution in [0.4, 0.5) is 5.69 Å². The van der Waals surface area contributed by atoms with Gasteiger partial charge in [-0.1, -0.05) is 61.1 Å². The molecule has 2 saturated carbocycles. The zero-order valence-electron chi connectivity index (χ0n) is 17.5. The summed E-state index contributed by atoms with van der Waals surface area (Å²) in [5.41, 5.74) is 1.96. The van der Waals surface area contributed by atoms with Gasteiger partial charge >= 0.3 is 0 Å². The van der Waals surface area contributed by atoms with Gasteiger partial charge in [-0.3, -0.25) is 19.3 Å². The molecule has 3 aliphatic rings. The van der Waals surface area contributed by atoms with Crippen LogP contribution in [-0.4, -0.2) is 38.8 Å². The summed E-state index contributed by atoms with van der Waals surface area (Å²) in [6, 6.07) is 5.87. The maximum atomic E-state index is 12.9. The number of likely N-dealkylation sites (tertiary alicyclic amines) is 1. The topological polar surface area (TPSA) is 66.5 Å². The SMILES string of the molecule is CCc1cc(Br)ccc1NC(=O)CCCCCN1C(=O)[C@@H]2[C@@H]3C[C@@H]([C@@H](Br)[C@@H]3Br)[C@@H]2C1=O. The van der Waals surface area contributed by atoms with Crippen molar-refractivity contribution in [1.29, 1.82) is 0 Å². The monoisotopic (exact) mass is 616 g/mol. The van der Waals surface area contributed by atoms with E-state index in [1.165, 1.54) is 4.90 Å². The van der Waals surface area contributed by atoms with Gasteiger partial charge in [-0.25, -0.2) is 0 Å². The number of nitrogens with one attached hydrogen (secondary N) is 1. The summed E-state index contributed by atoms with van der Waals surface area (Å²) in [4.78, 5) is 40.1. The largest absolute Gasteiger partial charge is 0.326 e. The van der Waals surface area contributed by atoms with Crippen molar-refractivity contribution in [1.82, 2.24) is 4.90 Å². The molecule has 0 aromatic heterocycles. The van der Waals surface area contributed by atoms with Crippen molar-refractivity contribution in [2.75, 3.05) is 11.9 Å². The van der Waals surface area contributed by atoms with Gasteiger partial charge < -0.3 is 5.32 Å². The van der Waals surface area contributed by atoms with Gasteiger partial charge in [0.05, 0.1) is 11.8 Å². The number of imide groups is 1. The second kappa shape index (κ2) is 9.64. The Kier molecular flexibility index (Phi) is 7.28. The first-order valence-electron chi connectivity index (χ1n) is 11.0. The molecule has 3 amide bonds. The first-order valence-corrected chi connectivity index (χ1v) is 13.7. The smallest absolute Gasteiger partial charge is 0.233 e. The minimum atomic E-state index is -0.139. The molecule has 1 N–H and O–H groups in total. The fourth-order valence-corrected chi connectivity index (χ4v) is 7.83. The van der Waals surface area contributed by atoms with Gasteiger partial charge in [0, 0.05) is 32.8 Å². The van der Waals surface area contributed by atoms with Gasteiger partial charge in [0.2, 0.25) is 17.7 Å². The summed E-state index contributed by atoms with van der Waals surface area (Å²) in [5, 5.41) is 3.00. The van der Waals surface area contributed by atoms with Crippen LogP contribution in [0, 0.1) is 23.7 Å². The molecule has 0 spiro atoms. The summed E-state index contributed by atoms with van der Waals surface area (Å²) < 4.78 is 1.00. The summed E-state index contributed by atoms with van der Waals surface area (Å²) in [6.07, 6.45) is 4.55. The Morgan fingerprint density at radius 1 is 1.06 bits per heavy atom. The highest BCUT2D eigenvalue weighted by molar-refractivity contribution is 9.12. The molecule has 1 aromatic carbocycles. The van der Waals surface area contributed by atoms with Gasteiger partial charge in [0.1, 0.15) is 0 Å². The van der Waals surface area contributed by atoms with E-state index >= 15 is 0 Å². The number of hydrogen-bond acceptors (Lipinski definition) is 3. The Bertz CT molecular complexity index is 861. The number of fused-ring (bicyclic) bond motifs is 5. The summed E-state index contributed by atoms with van der Waals surface area (Å²) in [7, 11) is 0. The van der Waals surface area contributed by atoms with Crippen LogP contribution in [-0.2, 0) is 20.8 Å². The Hall–Kier alpha value is -0.730. The molecule has 2 bridgehead atoms. The molecule has 1 aromatic rings. The summed E-state index contributed by atoms with van der Waals surface area (Å²) in [6.45, 7) is 2.53. The molecule has 1 aliphatic heterocycles. The van der Waals surface area contributed by atoms with E-state index in [0.717, 1.165) is 47.8 Å². The number of carbonyl (C=O) groups excluding carboxylic acids is 3. The van der Waals surface area contributed by atoms with E-state index in [4.69, 9.17) is 0 Å². The van der Waals surface area contributed by atoms with Crippen molar-refractivity contribution in [2.24, 2.45) is 23.7 Å². The average molecular weight is 619 g/mol. The van der Waals surface area contributed by atoms with Crippen molar-refractivity contribution in [3.05, 3.63) is 28.2 Å². The highest BCUT2D eigenvalue weighted by Crippen LogP contribution is 2.60. The number of nitrogens with zero attached hydrogens (tertiary/aromatic N) is 1. The Morgan fingerprint density at radius 2 is 1.71 bits per heavy atom. The lowest BCUT2D eigenvalue weighted by molar-refractivity contribution is -0.140. The number of unbranched alkanes of at least 4 members (excludes halogenated alkanes) is 2. The lowest BCUT2D eigenvalue weighted by Crippen LogP contribution is -2.37. The van der Waals surface area contributed by atoms with E-state index in [2.05, 4.69) is 60.0 Å². The first kappa shape index (κ1) is 23.4. The fourth-order valence-electron chi connectivity index (χ4n) is 5.55. The number of amides is 3. The second-order valence-electron chi connectivity index (χ2n) is 8.85. The molecule has 1 heterocycles. The van der Waals surface area contributed by atoms with Crippen LogP contribution >= 0.6 is 47.8 Å². The van der Waals surface area contributed by atoms with Gasteiger partial charge in [-0.05, 0) is 61.3 Å². The van der Waals surface area contributed by atoms with Crippen LogP contribution in [0.5, 0.6) is 0 Å². The molecule has 4 rings (SSSR count). The third kappa shape index (κ3) is 4.41. The number of hydrogen-bond donors (Lipinski definition) is 1. The standard InChI is InChI=1S/C23H27Br3N2O3/c1-2-12-10-13(24)7-8-16(12)27-17(29)6-4-3-5-9-28-22(30)18-14-11-15(19(18)23(28)31)21(26)20(14)25/h7-8,10,14-15,18-21H,2-6,9,11H2,1H3,(H,27,29)/t14-,15+,18+,19-,20-,21-/m1/s1. The van der Waals surface area contributed by atoms with Crippen LogP contribution in [0.25, 0.3) is 0 Å². The molecule has 1 saturated heterocycles. The van der Waals surface area contributed by atoms with Gasteiger partial charge in [0.25, 0.3) is 0 Å². The molecule has 6 atom stereocenters. The van der Waals surface area contributed by atoms with E-state index in [9.17, 15) is 14.4 Å². The van der Waals surface area contributed by atoms with Crippen LogP contribution in [0.1, 0.15) is 44.6 Å². The maximum Gasteiger partial charge on any atom is 0.233 e. The van der Waals surface area contributed by atoms with E-state index in [-0.39, 0.29) is 51.0 Å². The van der Waals surface area contributed by atoms with Crippen LogP contribution in [0.3, 0.4) is 0 Å². The van der Waals surface area contributed by atoms with Crippen molar-refractivity contribution in [3.8, 4) is 0 Å². The van der Waals surface area contributed by atoms with E-state index in [1.54, 1.807) is 0 Å². The second-order valence-corrected chi connectivity index (χ2v) is 11.9. The zero-order valence-corrected chi connectivity index (χ0v) is 22.2. The number of carbonyl (C=O) groups is 3. The molecule has 0 radical (unpaired) electrons. The van der Waals surface area contributed by atoms with Crippen LogP contribution < -0.4 is 5.32 Å². The number of aryl methyl sites for hydroxylation is 1. The molecule has 3 fully saturated rings. The predicted molar refractivity (Wildman–Crippen MR) is 131 cm³/mol. The van der Waals surface area contributed by atoms with Crippen molar-refractivity contribution < 1.29 is 14.4 Å². The molecule has 2 aliphatic carbocycles. The highest BCUT2D eigenvalue weighted by Gasteiger charge is 2.66. The molecule has 8 heteroatoms. The van der Waals surface area contributed by atoms with Crippen molar-refractivity contribution >= 4 is 71.2 Å². The lowest BCUT2D eigenvalue weighted by Gasteiger charge is -2.28. The van der Waals surface area contributed by atoms with Crippen molar-refractivity contribution in [2.45, 2.75) is 55.1 Å². The number of rotatable bonds is 8. The zero-order chi connectivity index (χ0) is 22.3. The quantitative estimate of drug-likeness (QED) is 0.245.